The molecule has 0 radical (unpaired) electrons. The van der Waals surface area contributed by atoms with E-state index in [0.29, 0.717) is 24.1 Å². The molecule has 4 nitrogen and oxygen atoms in total. The third kappa shape index (κ3) is 3.29. The molecule has 140 valence electrons. The Morgan fingerprint density at radius 3 is 1.96 bits per heavy atom. The molecule has 4 heteroatoms. The Morgan fingerprint density at radius 1 is 0.857 bits per heavy atom. The van der Waals surface area contributed by atoms with Gasteiger partial charge >= 0.3 is 5.97 Å². The van der Waals surface area contributed by atoms with E-state index in [4.69, 9.17) is 9.26 Å². The third-order valence-corrected chi connectivity index (χ3v) is 5.10. The van der Waals surface area contributed by atoms with Gasteiger partial charge in [-0.2, -0.15) is 0 Å². The van der Waals surface area contributed by atoms with Crippen LogP contribution in [0.15, 0.2) is 89.5 Å². The van der Waals surface area contributed by atoms with Crippen molar-refractivity contribution in [3.8, 4) is 0 Å². The average Bonchev–Trinajstić information content (AvgIpc) is 3.19. The number of ether oxygens (including phenoxy) is 1. The number of methoxy groups -OCH3 is 1. The normalized spacial score (nSPS) is 11.5. The summed E-state index contributed by atoms with van der Waals surface area (Å²) in [5.41, 5.74) is 2.35. The first-order chi connectivity index (χ1) is 13.7. The highest BCUT2D eigenvalue weighted by atomic mass is 16.5. The maximum Gasteiger partial charge on any atom is 0.318 e. The molecule has 0 fully saturated rings. The van der Waals surface area contributed by atoms with Gasteiger partial charge in [0.2, 0.25) is 0 Å². The Bertz CT molecular complexity index is 1030. The van der Waals surface area contributed by atoms with Gasteiger partial charge in [-0.05, 0) is 36.1 Å². The Kier molecular flexibility index (Phi) is 4.94. The van der Waals surface area contributed by atoms with Crippen LogP contribution in [0.5, 0.6) is 0 Å². The van der Waals surface area contributed by atoms with Gasteiger partial charge < -0.3 is 9.26 Å². The standard InChI is InChI=1S/C24H21NO3/c1-27-23(26)24(16-18-10-4-2-5-11-18,17-19-12-6-3-7-13-19)22-20-14-8-9-15-21(20)28-25-22/h2-15H,16-17H2,1H3. The number of nitrogens with zero attached hydrogens (tertiary/aromatic N) is 1. The van der Waals surface area contributed by atoms with Crippen LogP contribution >= 0.6 is 0 Å². The topological polar surface area (TPSA) is 52.3 Å². The van der Waals surface area contributed by atoms with Crippen LogP contribution in [0.4, 0.5) is 0 Å². The van der Waals surface area contributed by atoms with Gasteiger partial charge in [-0.15, -0.1) is 0 Å². The van der Waals surface area contributed by atoms with Crippen molar-refractivity contribution in [1.82, 2.24) is 5.16 Å². The Morgan fingerprint density at radius 2 is 1.39 bits per heavy atom. The summed E-state index contributed by atoms with van der Waals surface area (Å²) in [4.78, 5) is 13.3. The van der Waals surface area contributed by atoms with Crippen LogP contribution in [-0.2, 0) is 27.8 Å². The van der Waals surface area contributed by atoms with Crippen LogP contribution in [0.3, 0.4) is 0 Å². The van der Waals surface area contributed by atoms with E-state index in [0.717, 1.165) is 16.5 Å². The number of hydrogen-bond donors (Lipinski definition) is 0. The number of esters is 1. The van der Waals surface area contributed by atoms with Crippen molar-refractivity contribution >= 4 is 16.9 Å². The molecule has 0 unspecified atom stereocenters. The Balaban J connectivity index is 1.92. The number of carbonyl (C=O) groups excluding carboxylic acids is 1. The van der Waals surface area contributed by atoms with Crippen LogP contribution in [0.1, 0.15) is 16.8 Å². The second-order valence-electron chi connectivity index (χ2n) is 6.93. The Hall–Kier alpha value is -3.40. The number of aromatic nitrogens is 1. The van der Waals surface area contributed by atoms with Gasteiger partial charge in [0.1, 0.15) is 11.1 Å². The highest BCUT2D eigenvalue weighted by molar-refractivity contribution is 5.91. The second-order valence-corrected chi connectivity index (χ2v) is 6.93. The highest BCUT2D eigenvalue weighted by Gasteiger charge is 2.45. The van der Waals surface area contributed by atoms with E-state index in [1.165, 1.54) is 7.11 Å². The lowest BCUT2D eigenvalue weighted by Gasteiger charge is -2.30. The van der Waals surface area contributed by atoms with Crippen molar-refractivity contribution in [2.45, 2.75) is 18.3 Å². The second kappa shape index (κ2) is 7.69. The molecule has 0 bridgehead atoms. The zero-order valence-corrected chi connectivity index (χ0v) is 15.7. The lowest BCUT2D eigenvalue weighted by Crippen LogP contribution is -2.42. The number of benzene rings is 3. The molecule has 28 heavy (non-hydrogen) atoms. The molecule has 1 heterocycles. The summed E-state index contributed by atoms with van der Waals surface area (Å²) in [7, 11) is 1.43. The molecule has 0 saturated heterocycles. The van der Waals surface area contributed by atoms with E-state index in [1.54, 1.807) is 0 Å². The summed E-state index contributed by atoms with van der Waals surface area (Å²) in [6.45, 7) is 0. The van der Waals surface area contributed by atoms with Gasteiger partial charge in [0.05, 0.1) is 7.11 Å². The van der Waals surface area contributed by atoms with E-state index in [-0.39, 0.29) is 5.97 Å². The predicted octanol–water partition coefficient (Wildman–Crippen LogP) is 4.72. The van der Waals surface area contributed by atoms with Crippen molar-refractivity contribution in [3.63, 3.8) is 0 Å². The third-order valence-electron chi connectivity index (χ3n) is 5.10. The smallest absolute Gasteiger partial charge is 0.318 e. The van der Waals surface area contributed by atoms with Gasteiger partial charge in [0.15, 0.2) is 5.58 Å². The molecule has 3 aromatic carbocycles. The van der Waals surface area contributed by atoms with Gasteiger partial charge in [0.25, 0.3) is 0 Å². The number of fused-ring (bicyclic) bond motifs is 1. The first-order valence-corrected chi connectivity index (χ1v) is 9.24. The zero-order valence-electron chi connectivity index (χ0n) is 15.7. The molecule has 1 aromatic heterocycles. The van der Waals surface area contributed by atoms with Crippen molar-refractivity contribution in [2.24, 2.45) is 0 Å². The molecule has 0 atom stereocenters. The molecule has 0 N–H and O–H groups in total. The highest BCUT2D eigenvalue weighted by Crippen LogP contribution is 2.37. The minimum atomic E-state index is -0.996. The summed E-state index contributed by atoms with van der Waals surface area (Å²) in [5.74, 6) is -0.320. The number of carbonyl (C=O) groups is 1. The molecule has 4 aromatic rings. The largest absolute Gasteiger partial charge is 0.468 e. The van der Waals surface area contributed by atoms with Crippen LogP contribution in [0.25, 0.3) is 11.0 Å². The fourth-order valence-corrected chi connectivity index (χ4v) is 3.79. The first-order valence-electron chi connectivity index (χ1n) is 9.24. The lowest BCUT2D eigenvalue weighted by molar-refractivity contribution is -0.147. The van der Waals surface area contributed by atoms with E-state index in [2.05, 4.69) is 5.16 Å². The molecule has 0 spiro atoms. The summed E-state index contributed by atoms with van der Waals surface area (Å²) < 4.78 is 10.9. The summed E-state index contributed by atoms with van der Waals surface area (Å²) in [6, 6.07) is 27.5. The maximum absolute atomic E-state index is 13.3. The van der Waals surface area contributed by atoms with Crippen LogP contribution in [0, 0.1) is 0 Å². The lowest BCUT2D eigenvalue weighted by atomic mass is 9.73. The summed E-state index contributed by atoms with van der Waals surface area (Å²) >= 11 is 0. The van der Waals surface area contributed by atoms with Crippen molar-refractivity contribution < 1.29 is 14.1 Å². The average molecular weight is 371 g/mol. The SMILES string of the molecule is COC(=O)C(Cc1ccccc1)(Cc1ccccc1)c1noc2ccccc12. The van der Waals surface area contributed by atoms with Crippen LogP contribution in [0.2, 0.25) is 0 Å². The van der Waals surface area contributed by atoms with Gasteiger partial charge in [-0.3, -0.25) is 4.79 Å². The molecule has 0 amide bonds. The molecule has 0 aliphatic rings. The van der Waals surface area contributed by atoms with Crippen molar-refractivity contribution in [3.05, 3.63) is 102 Å². The predicted molar refractivity (Wildman–Crippen MR) is 108 cm³/mol. The number of hydrogen-bond acceptors (Lipinski definition) is 4. The van der Waals surface area contributed by atoms with Crippen molar-refractivity contribution in [1.29, 1.82) is 0 Å². The van der Waals surface area contributed by atoms with Gasteiger partial charge in [0, 0.05) is 5.39 Å². The zero-order chi connectivity index (χ0) is 19.4. The van der Waals surface area contributed by atoms with E-state index in [1.807, 2.05) is 84.9 Å². The quantitative estimate of drug-likeness (QED) is 0.460. The van der Waals surface area contributed by atoms with Crippen LogP contribution < -0.4 is 0 Å². The minimum Gasteiger partial charge on any atom is -0.468 e. The number of rotatable bonds is 6. The van der Waals surface area contributed by atoms with Crippen LogP contribution in [-0.4, -0.2) is 18.2 Å². The summed E-state index contributed by atoms with van der Waals surface area (Å²) in [5, 5.41) is 5.19. The van der Waals surface area contributed by atoms with E-state index >= 15 is 0 Å². The molecular formula is C24H21NO3. The van der Waals surface area contributed by atoms with E-state index in [9.17, 15) is 4.79 Å². The Labute approximate surface area is 163 Å². The summed E-state index contributed by atoms with van der Waals surface area (Å²) in [6.07, 6.45) is 0.928. The molecule has 0 aliphatic carbocycles. The first kappa shape index (κ1) is 18.0. The monoisotopic (exact) mass is 371 g/mol. The molecule has 4 rings (SSSR count). The molecule has 0 aliphatic heterocycles. The van der Waals surface area contributed by atoms with Gasteiger partial charge in [-0.25, -0.2) is 0 Å². The fourth-order valence-electron chi connectivity index (χ4n) is 3.79. The minimum absolute atomic E-state index is 0.320. The number of para-hydroxylation sites is 1. The molecule has 0 saturated carbocycles. The van der Waals surface area contributed by atoms with E-state index < -0.39 is 5.41 Å². The van der Waals surface area contributed by atoms with Crippen molar-refractivity contribution in [2.75, 3.05) is 7.11 Å². The molecular weight excluding hydrogens is 350 g/mol. The van der Waals surface area contributed by atoms with Gasteiger partial charge in [-0.1, -0.05) is 78.0 Å². The maximum atomic E-state index is 13.3. The fraction of sp³-hybridized carbons (Fsp3) is 0.167.